The molecule has 0 amide bonds. The molecule has 0 aliphatic carbocycles. The van der Waals surface area contributed by atoms with Crippen molar-refractivity contribution < 1.29 is 55.2 Å². The summed E-state index contributed by atoms with van der Waals surface area (Å²) in [5, 5.41) is 38.6. The number of hydrogen-bond acceptors (Lipinski definition) is 14. The summed E-state index contributed by atoms with van der Waals surface area (Å²) in [6.45, 7) is 0.355. The summed E-state index contributed by atoms with van der Waals surface area (Å²) in [5.74, 6) is -3.73. The number of pyridine rings is 1. The van der Waals surface area contributed by atoms with Gasteiger partial charge in [-0.15, -0.1) is 14.6 Å². The average Bonchev–Trinajstić information content (AvgIpc) is 2.77. The first-order chi connectivity index (χ1) is 16.8. The second kappa shape index (κ2) is 12.4. The van der Waals surface area contributed by atoms with E-state index in [0.717, 1.165) is 24.3 Å². The highest BCUT2D eigenvalue weighted by Gasteiger charge is 2.20. The molecule has 0 saturated carbocycles. The van der Waals surface area contributed by atoms with E-state index in [2.05, 4.69) is 19.6 Å². The molecule has 0 saturated heterocycles. The Bertz CT molecular complexity index is 1420. The van der Waals surface area contributed by atoms with E-state index in [9.17, 15) is 36.6 Å². The topological polar surface area (TPSA) is 241 Å². The van der Waals surface area contributed by atoms with E-state index in [-0.39, 0.29) is 28.5 Å². The Kier molecular flexibility index (Phi) is 10.1. The molecule has 36 heavy (non-hydrogen) atoms. The van der Waals surface area contributed by atoms with E-state index in [0.29, 0.717) is 4.57 Å². The summed E-state index contributed by atoms with van der Waals surface area (Å²) in [7, 11) is -8.47. The number of nitrogens with zero attached hydrogens (tertiary/aromatic N) is 3. The third-order valence-electron chi connectivity index (χ3n) is 4.38. The summed E-state index contributed by atoms with van der Waals surface area (Å²) in [6, 6.07) is 3.92. The van der Waals surface area contributed by atoms with Gasteiger partial charge in [0.25, 0.3) is 15.7 Å². The minimum atomic E-state index is -4.46. The molecule has 2 aromatic rings. The Labute approximate surface area is 207 Å². The normalized spacial score (nSPS) is 12.3. The highest BCUT2D eigenvalue weighted by atomic mass is 32.2. The van der Waals surface area contributed by atoms with Crippen LogP contribution in [0.25, 0.3) is 0 Å². The fourth-order valence-corrected chi connectivity index (χ4v) is 4.53. The van der Waals surface area contributed by atoms with Crippen LogP contribution in [0.15, 0.2) is 44.2 Å². The van der Waals surface area contributed by atoms with Gasteiger partial charge in [0.15, 0.2) is 22.2 Å². The largest absolute Gasteiger partial charge is 0.493 e. The molecule has 4 N–H and O–H groups in total. The zero-order valence-corrected chi connectivity index (χ0v) is 20.6. The molecule has 0 aliphatic heterocycles. The first-order valence-corrected chi connectivity index (χ1v) is 13.4. The van der Waals surface area contributed by atoms with E-state index in [1.807, 2.05) is 0 Å². The summed E-state index contributed by atoms with van der Waals surface area (Å²) < 4.78 is 65.2. The monoisotopic (exact) mass is 569 g/mol. The van der Waals surface area contributed by atoms with E-state index in [1.165, 1.54) is 6.92 Å². The number of rotatable bonds is 13. The van der Waals surface area contributed by atoms with E-state index in [4.69, 9.17) is 14.0 Å². The van der Waals surface area contributed by atoms with Crippen molar-refractivity contribution in [1.29, 1.82) is 0 Å². The summed E-state index contributed by atoms with van der Waals surface area (Å²) in [6.07, 6.45) is 0. The molecule has 0 bridgehead atoms. The highest BCUT2D eigenvalue weighted by molar-refractivity contribution is 7.91. The van der Waals surface area contributed by atoms with Crippen LogP contribution in [-0.4, -0.2) is 65.5 Å². The first-order valence-electron chi connectivity index (χ1n) is 9.43. The molecular weight excluding hydrogens is 550 g/mol. The molecule has 198 valence electrons. The van der Waals surface area contributed by atoms with Crippen molar-refractivity contribution in [3.8, 4) is 5.88 Å². The quantitative estimate of drug-likeness (QED) is 0.0669. The van der Waals surface area contributed by atoms with Crippen molar-refractivity contribution in [3.05, 3.63) is 45.7 Å². The van der Waals surface area contributed by atoms with Crippen LogP contribution in [0.5, 0.6) is 5.88 Å². The molecule has 16 nitrogen and oxygen atoms in total. The number of sulfone groups is 1. The number of aromatic nitrogens is 1. The summed E-state index contributed by atoms with van der Waals surface area (Å²) >= 11 is 0.171. The lowest BCUT2D eigenvalue weighted by atomic mass is 10.2. The predicted molar refractivity (Wildman–Crippen MR) is 121 cm³/mol. The molecule has 1 heterocycles. The number of aryl methyl sites for hydroxylation is 1. The summed E-state index contributed by atoms with van der Waals surface area (Å²) in [4.78, 5) is 23.4. The second-order valence-electron chi connectivity index (χ2n) is 6.81. The first kappa shape index (κ1) is 29.3. The number of aromatic hydroxyl groups is 1. The van der Waals surface area contributed by atoms with E-state index >= 15 is 0 Å². The number of carbonyl (C=O) groups is 1. The van der Waals surface area contributed by atoms with Gasteiger partial charge in [0.1, 0.15) is 11.4 Å². The fourth-order valence-electron chi connectivity index (χ4n) is 2.69. The minimum absolute atomic E-state index is 0.0914. The molecule has 0 aliphatic rings. The molecule has 0 radical (unpaired) electrons. The molecule has 0 atom stereocenters. The number of carboxylic acids is 1. The van der Waals surface area contributed by atoms with Gasteiger partial charge in [-0.1, -0.05) is 5.04 Å². The van der Waals surface area contributed by atoms with Gasteiger partial charge in [-0.05, 0) is 30.7 Å². The Morgan fingerprint density at radius 3 is 2.44 bits per heavy atom. The van der Waals surface area contributed by atoms with Crippen LogP contribution in [-0.2, 0) is 40.1 Å². The SMILES string of the molecule is Cc1cc(=O)n(CCS(=O)(=O)O)c(O)c1N=Nc1cc(S(=O)(=O)CCOSOOO)ccc1C(=O)O. The molecule has 19 heteroatoms. The average molecular weight is 570 g/mol. The van der Waals surface area contributed by atoms with Gasteiger partial charge in [0, 0.05) is 12.6 Å². The van der Waals surface area contributed by atoms with Gasteiger partial charge < -0.3 is 10.2 Å². The van der Waals surface area contributed by atoms with Crippen molar-refractivity contribution in [3.63, 3.8) is 0 Å². The van der Waals surface area contributed by atoms with Crippen LogP contribution in [0.4, 0.5) is 11.4 Å². The minimum Gasteiger partial charge on any atom is -0.493 e. The Morgan fingerprint density at radius 1 is 1.14 bits per heavy atom. The van der Waals surface area contributed by atoms with Crippen LogP contribution in [0.1, 0.15) is 15.9 Å². The van der Waals surface area contributed by atoms with Crippen LogP contribution in [0.2, 0.25) is 0 Å². The third-order valence-corrected chi connectivity index (χ3v) is 7.13. The van der Waals surface area contributed by atoms with Gasteiger partial charge >= 0.3 is 5.97 Å². The van der Waals surface area contributed by atoms with Gasteiger partial charge in [0.2, 0.25) is 5.88 Å². The maximum absolute atomic E-state index is 12.5. The Balaban J connectivity index is 2.44. The lowest BCUT2D eigenvalue weighted by molar-refractivity contribution is -0.434. The second-order valence-corrected chi connectivity index (χ2v) is 11.0. The van der Waals surface area contributed by atoms with Crippen LogP contribution in [0.3, 0.4) is 0 Å². The lowest BCUT2D eigenvalue weighted by Crippen LogP contribution is -2.23. The van der Waals surface area contributed by atoms with Crippen LogP contribution < -0.4 is 5.56 Å². The molecule has 0 spiro atoms. The molecule has 2 rings (SSSR count). The zero-order chi connectivity index (χ0) is 27.1. The number of benzene rings is 1. The molecule has 0 fully saturated rings. The Morgan fingerprint density at radius 2 is 1.83 bits per heavy atom. The van der Waals surface area contributed by atoms with E-state index < -0.39 is 73.3 Å². The van der Waals surface area contributed by atoms with E-state index in [1.54, 1.807) is 0 Å². The van der Waals surface area contributed by atoms with Crippen molar-refractivity contribution >= 4 is 49.6 Å². The third kappa shape index (κ3) is 8.06. The smallest absolute Gasteiger partial charge is 0.337 e. The van der Waals surface area contributed by atoms with Crippen LogP contribution >= 0.6 is 12.3 Å². The molecule has 1 aromatic heterocycles. The van der Waals surface area contributed by atoms with Crippen molar-refractivity contribution in [2.45, 2.75) is 18.4 Å². The van der Waals surface area contributed by atoms with Gasteiger partial charge in [0.05, 0.1) is 28.6 Å². The maximum Gasteiger partial charge on any atom is 0.337 e. The van der Waals surface area contributed by atoms with Crippen molar-refractivity contribution in [1.82, 2.24) is 4.57 Å². The lowest BCUT2D eigenvalue weighted by Gasteiger charge is -2.11. The van der Waals surface area contributed by atoms with Gasteiger partial charge in [-0.2, -0.15) is 8.42 Å². The van der Waals surface area contributed by atoms with Crippen molar-refractivity contribution in [2.75, 3.05) is 18.1 Å². The maximum atomic E-state index is 12.5. The fraction of sp³-hybridized carbons (Fsp3) is 0.294. The number of hydrogen-bond donors (Lipinski definition) is 4. The van der Waals surface area contributed by atoms with Crippen LogP contribution in [0, 0.1) is 6.92 Å². The number of azo groups is 1. The molecular formula is C17H19N3O13S3. The molecule has 0 unspecified atom stereocenters. The predicted octanol–water partition coefficient (Wildman–Crippen LogP) is 1.64. The Hall–Kier alpha value is -2.91. The summed E-state index contributed by atoms with van der Waals surface area (Å²) in [5.41, 5.74) is -1.89. The van der Waals surface area contributed by atoms with Gasteiger partial charge in [-0.25, -0.2) is 18.5 Å². The van der Waals surface area contributed by atoms with Gasteiger partial charge in [-0.3, -0.25) is 18.1 Å². The van der Waals surface area contributed by atoms with Crippen molar-refractivity contribution in [2.24, 2.45) is 10.2 Å². The standard InChI is InChI=1S/C17H19N3O13S3/c1-10-8-14(21)20(4-6-36(28,29)30)16(22)15(10)19-18-13-9-11(2-3-12(13)17(23)24)35(26,27)7-5-31-34-33-32-25/h2-3,8-9,22,25H,4-7H2,1H3,(H,23,24)(H,28,29,30). The number of carboxylic acid groups (broad SMARTS) is 1. The molecule has 1 aromatic carbocycles. The number of aromatic carboxylic acids is 1. The highest BCUT2D eigenvalue weighted by Crippen LogP contribution is 2.32. The zero-order valence-electron chi connectivity index (χ0n) is 18.2.